The van der Waals surface area contributed by atoms with Crippen molar-refractivity contribution >= 4 is 0 Å². The Balaban J connectivity index is 3.26. The number of benzene rings is 1. The van der Waals surface area contributed by atoms with Gasteiger partial charge in [0.2, 0.25) is 0 Å². The largest absolute Gasteiger partial charge is 0.496 e. The van der Waals surface area contributed by atoms with E-state index >= 15 is 0 Å². The van der Waals surface area contributed by atoms with E-state index in [2.05, 4.69) is 0 Å². The highest BCUT2D eigenvalue weighted by atomic mass is 16.5. The molecule has 0 heterocycles. The van der Waals surface area contributed by atoms with Crippen molar-refractivity contribution in [2.75, 3.05) is 7.11 Å². The zero-order chi connectivity index (χ0) is 11.6. The van der Waals surface area contributed by atoms with Crippen molar-refractivity contribution in [1.29, 1.82) is 0 Å². The molecule has 0 saturated heterocycles. The number of aliphatic hydroxyl groups is 2. The molecule has 0 aromatic heterocycles. The van der Waals surface area contributed by atoms with Crippen LogP contribution in [-0.2, 0) is 0 Å². The zero-order valence-electron chi connectivity index (χ0n) is 9.61. The molecule has 0 bridgehead atoms. The van der Waals surface area contributed by atoms with E-state index in [0.29, 0.717) is 11.3 Å². The molecule has 1 aromatic rings. The minimum absolute atomic E-state index is 0.644. The molecule has 1 rings (SSSR count). The first-order valence-electron chi connectivity index (χ1n) is 4.98. The van der Waals surface area contributed by atoms with E-state index in [4.69, 9.17) is 4.74 Å². The van der Waals surface area contributed by atoms with Crippen molar-refractivity contribution in [2.45, 2.75) is 33.0 Å². The van der Waals surface area contributed by atoms with Gasteiger partial charge >= 0.3 is 0 Å². The number of aryl methyl sites for hydroxylation is 2. The monoisotopic (exact) mass is 210 g/mol. The number of rotatable bonds is 3. The first kappa shape index (κ1) is 12.0. The highest BCUT2D eigenvalue weighted by Gasteiger charge is 2.19. The Bertz CT molecular complexity index is 345. The van der Waals surface area contributed by atoms with E-state index in [1.807, 2.05) is 26.0 Å². The average molecular weight is 210 g/mol. The first-order valence-corrected chi connectivity index (χ1v) is 4.98. The standard InChI is InChI=1S/C12H18O3/c1-7-5-8(2)12(15-4)10(6-7)11(14)9(3)13/h5-6,9,11,13-14H,1-4H3. The van der Waals surface area contributed by atoms with Crippen LogP contribution in [0.25, 0.3) is 0 Å². The van der Waals surface area contributed by atoms with Gasteiger partial charge in [-0.1, -0.05) is 11.6 Å². The Morgan fingerprint density at radius 2 is 1.80 bits per heavy atom. The Labute approximate surface area is 90.3 Å². The van der Waals surface area contributed by atoms with Gasteiger partial charge in [0.05, 0.1) is 13.2 Å². The van der Waals surface area contributed by atoms with Gasteiger partial charge in [-0.25, -0.2) is 0 Å². The molecule has 0 aliphatic rings. The summed E-state index contributed by atoms with van der Waals surface area (Å²) in [4.78, 5) is 0. The van der Waals surface area contributed by atoms with Crippen LogP contribution in [0.5, 0.6) is 5.75 Å². The Morgan fingerprint density at radius 1 is 1.20 bits per heavy atom. The SMILES string of the molecule is COc1c(C)cc(C)cc1C(O)C(C)O. The average Bonchev–Trinajstić information content (AvgIpc) is 2.15. The number of hydrogen-bond donors (Lipinski definition) is 2. The molecule has 0 amide bonds. The summed E-state index contributed by atoms with van der Waals surface area (Å²) in [5, 5.41) is 19.2. The van der Waals surface area contributed by atoms with E-state index < -0.39 is 12.2 Å². The summed E-state index contributed by atoms with van der Waals surface area (Å²) in [6, 6.07) is 3.82. The normalized spacial score (nSPS) is 14.8. The highest BCUT2D eigenvalue weighted by Crippen LogP contribution is 2.31. The lowest BCUT2D eigenvalue weighted by Crippen LogP contribution is -2.15. The van der Waals surface area contributed by atoms with Gasteiger partial charge < -0.3 is 14.9 Å². The van der Waals surface area contributed by atoms with Gasteiger partial charge in [0.15, 0.2) is 0 Å². The van der Waals surface area contributed by atoms with Crippen LogP contribution >= 0.6 is 0 Å². The molecule has 2 unspecified atom stereocenters. The fraction of sp³-hybridized carbons (Fsp3) is 0.500. The lowest BCUT2D eigenvalue weighted by atomic mass is 9.99. The summed E-state index contributed by atoms with van der Waals surface area (Å²) >= 11 is 0. The topological polar surface area (TPSA) is 49.7 Å². The molecule has 0 radical (unpaired) electrons. The van der Waals surface area contributed by atoms with Gasteiger partial charge in [0.1, 0.15) is 11.9 Å². The summed E-state index contributed by atoms with van der Waals surface area (Å²) in [7, 11) is 1.57. The lowest BCUT2D eigenvalue weighted by molar-refractivity contribution is 0.0290. The second-order valence-electron chi connectivity index (χ2n) is 3.89. The Kier molecular flexibility index (Phi) is 3.72. The fourth-order valence-corrected chi connectivity index (χ4v) is 1.75. The van der Waals surface area contributed by atoms with Crippen molar-refractivity contribution in [2.24, 2.45) is 0 Å². The lowest BCUT2D eigenvalue weighted by Gasteiger charge is -2.19. The molecule has 15 heavy (non-hydrogen) atoms. The maximum Gasteiger partial charge on any atom is 0.127 e. The van der Waals surface area contributed by atoms with Crippen LogP contribution in [0.3, 0.4) is 0 Å². The van der Waals surface area contributed by atoms with Crippen LogP contribution in [0.1, 0.15) is 29.7 Å². The summed E-state index contributed by atoms with van der Waals surface area (Å²) in [6.45, 7) is 5.43. The van der Waals surface area contributed by atoms with Crippen molar-refractivity contribution < 1.29 is 14.9 Å². The minimum atomic E-state index is -0.904. The van der Waals surface area contributed by atoms with E-state index in [-0.39, 0.29) is 0 Å². The van der Waals surface area contributed by atoms with Crippen molar-refractivity contribution in [3.05, 3.63) is 28.8 Å². The van der Waals surface area contributed by atoms with Crippen molar-refractivity contribution in [1.82, 2.24) is 0 Å². The Morgan fingerprint density at radius 3 is 2.27 bits per heavy atom. The van der Waals surface area contributed by atoms with Crippen LogP contribution in [0.15, 0.2) is 12.1 Å². The molecule has 0 spiro atoms. The summed E-state index contributed by atoms with van der Waals surface area (Å²) in [5.41, 5.74) is 2.65. The van der Waals surface area contributed by atoms with Gasteiger partial charge in [-0.2, -0.15) is 0 Å². The highest BCUT2D eigenvalue weighted by molar-refractivity contribution is 5.45. The number of hydrogen-bond acceptors (Lipinski definition) is 3. The molecular weight excluding hydrogens is 192 g/mol. The number of methoxy groups -OCH3 is 1. The minimum Gasteiger partial charge on any atom is -0.496 e. The van der Waals surface area contributed by atoms with E-state index in [1.54, 1.807) is 14.0 Å². The first-order chi connectivity index (χ1) is 6.97. The van der Waals surface area contributed by atoms with Crippen LogP contribution in [0, 0.1) is 13.8 Å². The smallest absolute Gasteiger partial charge is 0.127 e. The molecule has 0 fully saturated rings. The van der Waals surface area contributed by atoms with E-state index in [1.165, 1.54) is 0 Å². The van der Waals surface area contributed by atoms with Gasteiger partial charge in [0, 0.05) is 5.56 Å². The summed E-state index contributed by atoms with van der Waals surface area (Å²) < 4.78 is 5.23. The predicted molar refractivity (Wildman–Crippen MR) is 59.1 cm³/mol. The Hall–Kier alpha value is -1.06. The van der Waals surface area contributed by atoms with Gasteiger partial charge in [-0.05, 0) is 32.4 Å². The molecule has 0 aliphatic heterocycles. The molecule has 3 nitrogen and oxygen atoms in total. The maximum atomic E-state index is 9.83. The van der Waals surface area contributed by atoms with Crippen LogP contribution in [0.2, 0.25) is 0 Å². The molecule has 0 aliphatic carbocycles. The second-order valence-corrected chi connectivity index (χ2v) is 3.89. The third-order valence-corrected chi connectivity index (χ3v) is 2.43. The van der Waals surface area contributed by atoms with Crippen LogP contribution in [0.4, 0.5) is 0 Å². The van der Waals surface area contributed by atoms with Crippen molar-refractivity contribution in [3.63, 3.8) is 0 Å². The fourth-order valence-electron chi connectivity index (χ4n) is 1.75. The van der Waals surface area contributed by atoms with Gasteiger partial charge in [0.25, 0.3) is 0 Å². The molecule has 2 atom stereocenters. The molecule has 2 N–H and O–H groups in total. The zero-order valence-corrected chi connectivity index (χ0v) is 9.61. The van der Waals surface area contributed by atoms with Crippen LogP contribution < -0.4 is 4.74 Å². The number of ether oxygens (including phenoxy) is 1. The third kappa shape index (κ3) is 2.49. The quantitative estimate of drug-likeness (QED) is 0.798. The number of aliphatic hydroxyl groups excluding tert-OH is 2. The third-order valence-electron chi connectivity index (χ3n) is 2.43. The predicted octanol–water partition coefficient (Wildman–Crippen LogP) is 1.73. The van der Waals surface area contributed by atoms with Gasteiger partial charge in [-0.3, -0.25) is 0 Å². The van der Waals surface area contributed by atoms with Gasteiger partial charge in [-0.15, -0.1) is 0 Å². The molecular formula is C12H18O3. The second kappa shape index (κ2) is 4.64. The molecule has 3 heteroatoms. The molecule has 1 aromatic carbocycles. The molecule has 0 saturated carbocycles. The summed E-state index contributed by atoms with van der Waals surface area (Å²) in [6.07, 6.45) is -1.71. The molecule has 84 valence electrons. The van der Waals surface area contributed by atoms with E-state index in [9.17, 15) is 10.2 Å². The summed E-state index contributed by atoms with van der Waals surface area (Å²) in [5.74, 6) is 0.647. The van der Waals surface area contributed by atoms with Crippen molar-refractivity contribution in [3.8, 4) is 5.75 Å². The van der Waals surface area contributed by atoms with Crippen LogP contribution in [-0.4, -0.2) is 23.4 Å². The van der Waals surface area contributed by atoms with E-state index in [0.717, 1.165) is 11.1 Å². The maximum absolute atomic E-state index is 9.83.